The van der Waals surface area contributed by atoms with Crippen LogP contribution in [-0.4, -0.2) is 6.54 Å². The maximum atomic E-state index is 8.82. The van der Waals surface area contributed by atoms with Gasteiger partial charge in [0.1, 0.15) is 6.07 Å². The van der Waals surface area contributed by atoms with Crippen molar-refractivity contribution in [2.75, 3.05) is 17.6 Å². The van der Waals surface area contributed by atoms with Crippen molar-refractivity contribution in [1.82, 2.24) is 0 Å². The van der Waals surface area contributed by atoms with E-state index in [-0.39, 0.29) is 0 Å². The minimum Gasteiger partial charge on any atom is -0.398 e. The fourth-order valence-electron chi connectivity index (χ4n) is 2.84. The molecule has 0 aromatic heterocycles. The second-order valence-electron chi connectivity index (χ2n) is 6.29. The molecule has 0 amide bonds. The zero-order valence-electron chi connectivity index (χ0n) is 11.5. The molecule has 0 atom stereocenters. The van der Waals surface area contributed by atoms with E-state index >= 15 is 0 Å². The van der Waals surface area contributed by atoms with Crippen LogP contribution in [0.1, 0.15) is 33.3 Å². The van der Waals surface area contributed by atoms with Crippen molar-refractivity contribution in [1.29, 1.82) is 5.26 Å². The normalized spacial score (nSPS) is 20.2. The molecule has 0 saturated heterocycles. The van der Waals surface area contributed by atoms with Crippen LogP contribution in [0.15, 0.2) is 18.2 Å². The summed E-state index contributed by atoms with van der Waals surface area (Å²) in [6, 6.07) is 7.59. The first-order valence-corrected chi connectivity index (χ1v) is 6.34. The van der Waals surface area contributed by atoms with Gasteiger partial charge in [-0.15, -0.1) is 0 Å². The van der Waals surface area contributed by atoms with Gasteiger partial charge in [-0.2, -0.15) is 5.26 Å². The Bertz CT molecular complexity index is 495. The first kappa shape index (κ1) is 12.8. The Balaban J connectivity index is 2.01. The molecule has 1 fully saturated rings. The van der Waals surface area contributed by atoms with Crippen LogP contribution in [0.2, 0.25) is 0 Å². The minimum absolute atomic E-state index is 0.387. The SMILES string of the molecule is CC1(C)C(CNc2ccc(C#N)c(N)c2)C1(C)C. The molecule has 3 N–H and O–H groups in total. The summed E-state index contributed by atoms with van der Waals surface area (Å²) in [5.41, 5.74) is 8.64. The molecule has 0 spiro atoms. The zero-order valence-corrected chi connectivity index (χ0v) is 11.5. The number of rotatable bonds is 3. The standard InChI is InChI=1S/C15H21N3/c1-14(2)13(15(14,3)4)9-18-11-6-5-10(8-16)12(17)7-11/h5-7,13,18H,9,17H2,1-4H3. The molecule has 0 aliphatic heterocycles. The Kier molecular flexibility index (Phi) is 2.77. The predicted octanol–water partition coefficient (Wildman–Crippen LogP) is 3.23. The molecule has 1 aromatic rings. The zero-order chi connectivity index (χ0) is 13.6. The average molecular weight is 243 g/mol. The van der Waals surface area contributed by atoms with Gasteiger partial charge in [-0.1, -0.05) is 27.7 Å². The van der Waals surface area contributed by atoms with Crippen molar-refractivity contribution >= 4 is 11.4 Å². The molecule has 1 aliphatic carbocycles. The van der Waals surface area contributed by atoms with Gasteiger partial charge >= 0.3 is 0 Å². The van der Waals surface area contributed by atoms with E-state index in [1.54, 1.807) is 6.07 Å². The molecule has 2 rings (SSSR count). The summed E-state index contributed by atoms with van der Waals surface area (Å²) in [6.07, 6.45) is 0. The first-order valence-electron chi connectivity index (χ1n) is 6.34. The van der Waals surface area contributed by atoms with E-state index < -0.39 is 0 Å². The largest absolute Gasteiger partial charge is 0.398 e. The lowest BCUT2D eigenvalue weighted by Gasteiger charge is -2.09. The highest BCUT2D eigenvalue weighted by molar-refractivity contribution is 5.62. The Hall–Kier alpha value is -1.69. The first-order chi connectivity index (χ1) is 8.30. The van der Waals surface area contributed by atoms with E-state index in [0.29, 0.717) is 28.0 Å². The third kappa shape index (κ3) is 1.82. The van der Waals surface area contributed by atoms with Crippen molar-refractivity contribution in [3.63, 3.8) is 0 Å². The molecule has 0 heterocycles. The Labute approximate surface area is 109 Å². The van der Waals surface area contributed by atoms with Crippen molar-refractivity contribution in [2.24, 2.45) is 16.7 Å². The second kappa shape index (κ2) is 3.91. The lowest BCUT2D eigenvalue weighted by Crippen LogP contribution is -2.08. The van der Waals surface area contributed by atoms with E-state index in [1.807, 2.05) is 12.1 Å². The number of hydrogen-bond donors (Lipinski definition) is 2. The van der Waals surface area contributed by atoms with Gasteiger partial charge in [-0.3, -0.25) is 0 Å². The fourth-order valence-corrected chi connectivity index (χ4v) is 2.84. The third-order valence-electron chi connectivity index (χ3n) is 5.00. The third-order valence-corrected chi connectivity index (χ3v) is 5.00. The van der Waals surface area contributed by atoms with Gasteiger partial charge < -0.3 is 11.1 Å². The van der Waals surface area contributed by atoms with Crippen LogP contribution in [0.5, 0.6) is 0 Å². The van der Waals surface area contributed by atoms with Crippen molar-refractivity contribution in [2.45, 2.75) is 27.7 Å². The van der Waals surface area contributed by atoms with E-state index in [4.69, 9.17) is 11.0 Å². The Morgan fingerprint density at radius 2 is 1.89 bits per heavy atom. The maximum absolute atomic E-state index is 8.82. The Morgan fingerprint density at radius 1 is 1.28 bits per heavy atom. The van der Waals surface area contributed by atoms with E-state index in [0.717, 1.165) is 12.2 Å². The summed E-state index contributed by atoms with van der Waals surface area (Å²) in [6.45, 7) is 10.2. The van der Waals surface area contributed by atoms with Gasteiger partial charge in [-0.25, -0.2) is 0 Å². The lowest BCUT2D eigenvalue weighted by molar-refractivity contribution is 0.457. The van der Waals surface area contributed by atoms with Crippen LogP contribution in [0.25, 0.3) is 0 Å². The average Bonchev–Trinajstić information content (AvgIpc) is 2.67. The van der Waals surface area contributed by atoms with Gasteiger partial charge in [0.05, 0.1) is 11.3 Å². The van der Waals surface area contributed by atoms with Crippen LogP contribution in [0, 0.1) is 28.1 Å². The number of nitrogens with zero attached hydrogens (tertiary/aromatic N) is 1. The molecule has 3 heteroatoms. The number of benzene rings is 1. The fraction of sp³-hybridized carbons (Fsp3) is 0.533. The summed E-state index contributed by atoms with van der Waals surface area (Å²) in [4.78, 5) is 0. The quantitative estimate of drug-likeness (QED) is 0.801. The molecule has 1 saturated carbocycles. The van der Waals surface area contributed by atoms with Gasteiger partial charge in [0.2, 0.25) is 0 Å². The Morgan fingerprint density at radius 3 is 2.33 bits per heavy atom. The molecule has 0 bridgehead atoms. The molecular weight excluding hydrogens is 222 g/mol. The molecule has 3 nitrogen and oxygen atoms in total. The van der Waals surface area contributed by atoms with Gasteiger partial charge in [0.25, 0.3) is 0 Å². The number of nitrogen functional groups attached to an aromatic ring is 1. The van der Waals surface area contributed by atoms with Gasteiger partial charge in [0, 0.05) is 12.2 Å². The molecular formula is C15H21N3. The maximum Gasteiger partial charge on any atom is 0.101 e. The summed E-state index contributed by atoms with van der Waals surface area (Å²) in [7, 11) is 0. The molecule has 1 aromatic carbocycles. The minimum atomic E-state index is 0.387. The second-order valence-corrected chi connectivity index (χ2v) is 6.29. The van der Waals surface area contributed by atoms with Crippen LogP contribution in [-0.2, 0) is 0 Å². The van der Waals surface area contributed by atoms with Crippen LogP contribution < -0.4 is 11.1 Å². The number of nitrogens with one attached hydrogen (secondary N) is 1. The summed E-state index contributed by atoms with van der Waals surface area (Å²) in [5.74, 6) is 0.668. The molecule has 0 unspecified atom stereocenters. The molecule has 0 radical (unpaired) electrons. The van der Waals surface area contributed by atoms with Gasteiger partial charge in [-0.05, 0) is 34.9 Å². The number of nitriles is 1. The molecule has 96 valence electrons. The van der Waals surface area contributed by atoms with E-state index in [9.17, 15) is 0 Å². The van der Waals surface area contributed by atoms with Crippen LogP contribution in [0.4, 0.5) is 11.4 Å². The topological polar surface area (TPSA) is 61.8 Å². The smallest absolute Gasteiger partial charge is 0.101 e. The summed E-state index contributed by atoms with van der Waals surface area (Å²) in [5, 5.41) is 12.2. The molecule has 1 aliphatic rings. The van der Waals surface area contributed by atoms with Crippen molar-refractivity contribution in [3.05, 3.63) is 23.8 Å². The number of hydrogen-bond acceptors (Lipinski definition) is 3. The molecule has 18 heavy (non-hydrogen) atoms. The van der Waals surface area contributed by atoms with Gasteiger partial charge in [0.15, 0.2) is 0 Å². The monoisotopic (exact) mass is 243 g/mol. The van der Waals surface area contributed by atoms with Crippen LogP contribution in [0.3, 0.4) is 0 Å². The van der Waals surface area contributed by atoms with E-state index in [2.05, 4.69) is 39.1 Å². The summed E-state index contributed by atoms with van der Waals surface area (Å²) < 4.78 is 0. The number of anilines is 2. The van der Waals surface area contributed by atoms with E-state index in [1.165, 1.54) is 0 Å². The highest BCUT2D eigenvalue weighted by Gasteiger charge is 2.63. The summed E-state index contributed by atoms with van der Waals surface area (Å²) >= 11 is 0. The van der Waals surface area contributed by atoms with Crippen LogP contribution >= 0.6 is 0 Å². The van der Waals surface area contributed by atoms with Crippen molar-refractivity contribution < 1.29 is 0 Å². The highest BCUT2D eigenvalue weighted by atomic mass is 14.9. The van der Waals surface area contributed by atoms with Crippen molar-refractivity contribution in [3.8, 4) is 6.07 Å². The predicted molar refractivity (Wildman–Crippen MR) is 75.1 cm³/mol. The highest BCUT2D eigenvalue weighted by Crippen LogP contribution is 2.68. The lowest BCUT2D eigenvalue weighted by atomic mass is 10.0. The number of nitrogens with two attached hydrogens (primary N) is 1.